The molecule has 1 heterocycles. The zero-order chi connectivity index (χ0) is 13.4. The molecule has 1 saturated heterocycles. The molecule has 2 aromatic rings. The van der Waals surface area contributed by atoms with E-state index in [9.17, 15) is 9.90 Å². The number of phenols is 1. The van der Waals surface area contributed by atoms with Crippen molar-refractivity contribution in [3.8, 4) is 5.75 Å². The van der Waals surface area contributed by atoms with Crippen molar-refractivity contribution in [1.82, 2.24) is 4.90 Å². The Balaban J connectivity index is 1.97. The lowest BCUT2D eigenvalue weighted by molar-refractivity contribution is 0.0747. The molecular weight excluding hydrogens is 238 g/mol. The summed E-state index contributed by atoms with van der Waals surface area (Å²) in [5.74, 6) is 0.361. The maximum Gasteiger partial charge on any atom is 0.254 e. The Morgan fingerprint density at radius 3 is 2.68 bits per heavy atom. The van der Waals surface area contributed by atoms with Gasteiger partial charge in [-0.1, -0.05) is 12.1 Å². The monoisotopic (exact) mass is 255 g/mol. The first-order chi connectivity index (χ1) is 9.15. The van der Waals surface area contributed by atoms with Crippen LogP contribution in [0.4, 0.5) is 0 Å². The van der Waals surface area contributed by atoms with Crippen molar-refractivity contribution < 1.29 is 9.90 Å². The van der Waals surface area contributed by atoms with E-state index >= 15 is 0 Å². The number of nitrogens with zero attached hydrogens (tertiary/aromatic N) is 1. The average Bonchev–Trinajstić information content (AvgIpc) is 2.83. The molecule has 3 rings (SSSR count). The number of rotatable bonds is 1. The summed E-state index contributed by atoms with van der Waals surface area (Å²) in [4.78, 5) is 14.4. The van der Waals surface area contributed by atoms with E-state index < -0.39 is 0 Å². The Bertz CT molecular complexity index is 636. The molecule has 2 aromatic carbocycles. The number of aromatic hydroxyl groups is 1. The van der Waals surface area contributed by atoms with Crippen LogP contribution >= 0.6 is 0 Å². The maximum atomic E-state index is 12.4. The quantitative estimate of drug-likeness (QED) is 0.850. The van der Waals surface area contributed by atoms with E-state index in [2.05, 4.69) is 6.92 Å². The van der Waals surface area contributed by atoms with Gasteiger partial charge in [-0.15, -0.1) is 0 Å². The Kier molecular flexibility index (Phi) is 2.90. The summed E-state index contributed by atoms with van der Waals surface area (Å²) < 4.78 is 0. The summed E-state index contributed by atoms with van der Waals surface area (Å²) in [6.07, 6.45) is 2.18. The van der Waals surface area contributed by atoms with Crippen LogP contribution in [0.1, 0.15) is 30.1 Å². The molecule has 98 valence electrons. The van der Waals surface area contributed by atoms with Gasteiger partial charge < -0.3 is 10.0 Å². The van der Waals surface area contributed by atoms with Gasteiger partial charge in [0.1, 0.15) is 5.75 Å². The number of carbonyl (C=O) groups is 1. The number of likely N-dealkylation sites (tertiary alicyclic amines) is 1. The highest BCUT2D eigenvalue weighted by atomic mass is 16.3. The number of phenolic OH excluding ortho intramolecular Hbond substituents is 1. The molecule has 0 radical (unpaired) electrons. The number of hydrogen-bond acceptors (Lipinski definition) is 2. The van der Waals surface area contributed by atoms with Crippen molar-refractivity contribution in [1.29, 1.82) is 0 Å². The molecule has 19 heavy (non-hydrogen) atoms. The number of amides is 1. The second kappa shape index (κ2) is 4.57. The number of hydrogen-bond donors (Lipinski definition) is 1. The van der Waals surface area contributed by atoms with E-state index in [1.165, 1.54) is 0 Å². The van der Waals surface area contributed by atoms with Crippen molar-refractivity contribution in [2.75, 3.05) is 6.54 Å². The van der Waals surface area contributed by atoms with Crippen LogP contribution in [0, 0.1) is 0 Å². The van der Waals surface area contributed by atoms with E-state index in [1.54, 1.807) is 12.1 Å². The Hall–Kier alpha value is -2.03. The van der Waals surface area contributed by atoms with Crippen LogP contribution in [0.15, 0.2) is 36.4 Å². The van der Waals surface area contributed by atoms with Crippen molar-refractivity contribution >= 4 is 16.7 Å². The maximum absolute atomic E-state index is 12.4. The van der Waals surface area contributed by atoms with Crippen LogP contribution in [0.25, 0.3) is 10.8 Å². The van der Waals surface area contributed by atoms with Gasteiger partial charge in [-0.2, -0.15) is 0 Å². The molecule has 1 unspecified atom stereocenters. The van der Waals surface area contributed by atoms with Gasteiger partial charge in [-0.3, -0.25) is 4.79 Å². The second-order valence-electron chi connectivity index (χ2n) is 5.24. The largest absolute Gasteiger partial charge is 0.508 e. The predicted octanol–water partition coefficient (Wildman–Crippen LogP) is 3.17. The lowest BCUT2D eigenvalue weighted by Gasteiger charge is -2.21. The Morgan fingerprint density at radius 1 is 1.21 bits per heavy atom. The summed E-state index contributed by atoms with van der Waals surface area (Å²) in [6.45, 7) is 2.96. The van der Waals surface area contributed by atoms with Crippen LogP contribution in [0.3, 0.4) is 0 Å². The van der Waals surface area contributed by atoms with E-state index in [0.717, 1.165) is 35.7 Å². The molecule has 1 fully saturated rings. The van der Waals surface area contributed by atoms with E-state index in [-0.39, 0.29) is 11.7 Å². The molecule has 1 aliphatic rings. The molecule has 3 nitrogen and oxygen atoms in total. The van der Waals surface area contributed by atoms with Gasteiger partial charge in [0.15, 0.2) is 0 Å². The highest BCUT2D eigenvalue weighted by molar-refractivity contribution is 5.99. The first-order valence-corrected chi connectivity index (χ1v) is 6.69. The molecule has 1 amide bonds. The third-order valence-corrected chi connectivity index (χ3v) is 3.88. The SMILES string of the molecule is CC1CCCN1C(=O)c1ccc2cc(O)ccc2c1. The second-order valence-corrected chi connectivity index (χ2v) is 5.24. The fourth-order valence-electron chi connectivity index (χ4n) is 2.77. The average molecular weight is 255 g/mol. The number of carbonyl (C=O) groups excluding carboxylic acids is 1. The van der Waals surface area contributed by atoms with Crippen LogP contribution < -0.4 is 0 Å². The third-order valence-electron chi connectivity index (χ3n) is 3.88. The highest BCUT2D eigenvalue weighted by Crippen LogP contribution is 2.24. The summed E-state index contributed by atoms with van der Waals surface area (Å²) >= 11 is 0. The molecule has 1 atom stereocenters. The summed E-state index contributed by atoms with van der Waals surface area (Å²) in [7, 11) is 0. The van der Waals surface area contributed by atoms with Crippen molar-refractivity contribution in [2.45, 2.75) is 25.8 Å². The molecule has 1 aliphatic heterocycles. The van der Waals surface area contributed by atoms with E-state index in [4.69, 9.17) is 0 Å². The summed E-state index contributed by atoms with van der Waals surface area (Å²) in [5.41, 5.74) is 0.729. The molecule has 1 N–H and O–H groups in total. The fraction of sp³-hybridized carbons (Fsp3) is 0.312. The smallest absolute Gasteiger partial charge is 0.254 e. The molecule has 0 aliphatic carbocycles. The van der Waals surface area contributed by atoms with E-state index in [0.29, 0.717) is 6.04 Å². The van der Waals surface area contributed by atoms with Crippen LogP contribution in [0.2, 0.25) is 0 Å². The van der Waals surface area contributed by atoms with Gasteiger partial charge in [0.25, 0.3) is 5.91 Å². The molecule has 0 aromatic heterocycles. The fourth-order valence-corrected chi connectivity index (χ4v) is 2.77. The minimum absolute atomic E-state index is 0.111. The normalized spacial score (nSPS) is 19.0. The zero-order valence-corrected chi connectivity index (χ0v) is 11.0. The first-order valence-electron chi connectivity index (χ1n) is 6.69. The lowest BCUT2D eigenvalue weighted by atomic mass is 10.1. The van der Waals surface area contributed by atoms with Crippen LogP contribution in [-0.4, -0.2) is 28.5 Å². The van der Waals surface area contributed by atoms with Crippen LogP contribution in [-0.2, 0) is 0 Å². The van der Waals surface area contributed by atoms with Gasteiger partial charge in [0.2, 0.25) is 0 Å². The van der Waals surface area contributed by atoms with E-state index in [1.807, 2.05) is 29.2 Å². The Morgan fingerprint density at radius 2 is 1.95 bits per heavy atom. The molecule has 0 bridgehead atoms. The molecular formula is C16H17NO2. The number of benzene rings is 2. The van der Waals surface area contributed by atoms with Gasteiger partial charge in [-0.05, 0) is 54.8 Å². The first kappa shape index (κ1) is 12.0. The standard InChI is InChI=1S/C16H17NO2/c1-11-3-2-8-17(11)16(19)14-5-4-13-10-15(18)7-6-12(13)9-14/h4-7,9-11,18H,2-3,8H2,1H3. The minimum Gasteiger partial charge on any atom is -0.508 e. The zero-order valence-electron chi connectivity index (χ0n) is 11.0. The lowest BCUT2D eigenvalue weighted by Crippen LogP contribution is -2.33. The predicted molar refractivity (Wildman–Crippen MR) is 75.3 cm³/mol. The molecule has 3 heteroatoms. The van der Waals surface area contributed by atoms with Crippen LogP contribution in [0.5, 0.6) is 5.75 Å². The summed E-state index contributed by atoms with van der Waals surface area (Å²) in [5, 5.41) is 11.4. The van der Waals surface area contributed by atoms with Crippen molar-refractivity contribution in [2.24, 2.45) is 0 Å². The third kappa shape index (κ3) is 2.16. The highest BCUT2D eigenvalue weighted by Gasteiger charge is 2.25. The van der Waals surface area contributed by atoms with Gasteiger partial charge in [0, 0.05) is 18.2 Å². The van der Waals surface area contributed by atoms with Crippen molar-refractivity contribution in [3.05, 3.63) is 42.0 Å². The Labute approximate surface area is 112 Å². The number of fused-ring (bicyclic) bond motifs is 1. The minimum atomic E-state index is 0.111. The summed E-state index contributed by atoms with van der Waals surface area (Å²) in [6, 6.07) is 11.2. The van der Waals surface area contributed by atoms with Gasteiger partial charge in [0.05, 0.1) is 0 Å². The molecule has 0 saturated carbocycles. The topological polar surface area (TPSA) is 40.5 Å². The van der Waals surface area contributed by atoms with Gasteiger partial charge >= 0.3 is 0 Å². The van der Waals surface area contributed by atoms with Crippen molar-refractivity contribution in [3.63, 3.8) is 0 Å². The van der Waals surface area contributed by atoms with Gasteiger partial charge in [-0.25, -0.2) is 0 Å². The molecule has 0 spiro atoms.